The number of hydrogen-bond donors (Lipinski definition) is 2. The maximum Gasteiger partial charge on any atom is 0.292 e. The fourth-order valence-corrected chi connectivity index (χ4v) is 3.34. The van der Waals surface area contributed by atoms with E-state index in [0.29, 0.717) is 17.5 Å². The number of fused-ring (bicyclic) bond motifs is 2. The quantitative estimate of drug-likeness (QED) is 0.497. The molecule has 2 aliphatic carbocycles. The fraction of sp³-hybridized carbons (Fsp3) is 0.462. The summed E-state index contributed by atoms with van der Waals surface area (Å²) >= 11 is 0. The Labute approximate surface area is 110 Å². The molecule has 2 saturated carbocycles. The van der Waals surface area contributed by atoms with Gasteiger partial charge < -0.3 is 10.5 Å². The average molecular weight is 261 g/mol. The van der Waals surface area contributed by atoms with Crippen molar-refractivity contribution in [2.24, 2.45) is 17.0 Å². The highest BCUT2D eigenvalue weighted by atomic mass is 16.6. The summed E-state index contributed by atoms with van der Waals surface area (Å²) < 4.78 is 0. The van der Waals surface area contributed by atoms with E-state index in [4.69, 9.17) is 5.21 Å². The second-order valence-electron chi connectivity index (χ2n) is 5.19. The number of nitrogens with zero attached hydrogens (tertiary/aromatic N) is 2. The van der Waals surface area contributed by atoms with Crippen LogP contribution in [0.2, 0.25) is 0 Å². The molecular formula is C13H15N3O3. The van der Waals surface area contributed by atoms with Gasteiger partial charge in [0.1, 0.15) is 5.69 Å². The molecule has 1 aromatic rings. The molecule has 100 valence electrons. The molecule has 2 fully saturated rings. The van der Waals surface area contributed by atoms with Crippen molar-refractivity contribution >= 4 is 17.1 Å². The zero-order valence-corrected chi connectivity index (χ0v) is 10.3. The maximum atomic E-state index is 11.0. The SMILES string of the molecule is O=[N+]([O-])c1ccccc1NC1/C(=N\O)C2CCC1C2. The van der Waals surface area contributed by atoms with Gasteiger partial charge in [0.05, 0.1) is 16.7 Å². The van der Waals surface area contributed by atoms with Gasteiger partial charge in [-0.05, 0) is 31.2 Å². The minimum absolute atomic E-state index is 0.0579. The Morgan fingerprint density at radius 2 is 2.16 bits per heavy atom. The molecule has 3 unspecified atom stereocenters. The number of nitro benzene ring substituents is 1. The molecule has 1 aromatic carbocycles. The summed E-state index contributed by atoms with van der Waals surface area (Å²) in [6.07, 6.45) is 3.15. The molecule has 0 aromatic heterocycles. The number of nitrogens with one attached hydrogen (secondary N) is 1. The Hall–Kier alpha value is -2.11. The third-order valence-electron chi connectivity index (χ3n) is 4.21. The van der Waals surface area contributed by atoms with Gasteiger partial charge >= 0.3 is 0 Å². The van der Waals surface area contributed by atoms with E-state index in [0.717, 1.165) is 25.0 Å². The van der Waals surface area contributed by atoms with Crippen LogP contribution in [0.5, 0.6) is 0 Å². The molecule has 3 atom stereocenters. The number of nitro groups is 1. The molecule has 2 aliphatic rings. The molecule has 2 N–H and O–H groups in total. The highest BCUT2D eigenvalue weighted by Gasteiger charge is 2.46. The van der Waals surface area contributed by atoms with Gasteiger partial charge in [0.2, 0.25) is 0 Å². The zero-order chi connectivity index (χ0) is 13.4. The number of rotatable bonds is 3. The highest BCUT2D eigenvalue weighted by molar-refractivity contribution is 5.96. The first-order chi connectivity index (χ1) is 9.20. The number of hydrogen-bond acceptors (Lipinski definition) is 5. The topological polar surface area (TPSA) is 87.8 Å². The molecule has 0 saturated heterocycles. The Kier molecular flexibility index (Phi) is 2.85. The van der Waals surface area contributed by atoms with Gasteiger partial charge in [0, 0.05) is 12.0 Å². The fourth-order valence-electron chi connectivity index (χ4n) is 3.34. The smallest absolute Gasteiger partial charge is 0.292 e. The first kappa shape index (κ1) is 12.0. The highest BCUT2D eigenvalue weighted by Crippen LogP contribution is 2.44. The lowest BCUT2D eigenvalue weighted by Crippen LogP contribution is -2.35. The van der Waals surface area contributed by atoms with Gasteiger partial charge in [-0.2, -0.15) is 0 Å². The van der Waals surface area contributed by atoms with E-state index < -0.39 is 4.92 Å². The Morgan fingerprint density at radius 3 is 2.89 bits per heavy atom. The second kappa shape index (κ2) is 4.53. The molecule has 0 spiro atoms. The molecule has 3 rings (SSSR count). The van der Waals surface area contributed by atoms with Crippen molar-refractivity contribution in [1.29, 1.82) is 0 Å². The van der Waals surface area contributed by atoms with Crippen LogP contribution < -0.4 is 5.32 Å². The number of para-hydroxylation sites is 2. The first-order valence-corrected chi connectivity index (χ1v) is 6.42. The van der Waals surface area contributed by atoms with Gasteiger partial charge in [0.15, 0.2) is 0 Å². The predicted octanol–water partition coefficient (Wildman–Crippen LogP) is 2.64. The lowest BCUT2D eigenvalue weighted by Gasteiger charge is -2.24. The molecule has 6 nitrogen and oxygen atoms in total. The summed E-state index contributed by atoms with van der Waals surface area (Å²) in [5.41, 5.74) is 1.29. The van der Waals surface area contributed by atoms with Gasteiger partial charge in [-0.3, -0.25) is 10.1 Å². The van der Waals surface area contributed by atoms with Crippen molar-refractivity contribution in [3.63, 3.8) is 0 Å². The summed E-state index contributed by atoms with van der Waals surface area (Å²) in [6.45, 7) is 0. The lowest BCUT2D eigenvalue weighted by atomic mass is 9.93. The van der Waals surface area contributed by atoms with E-state index in [9.17, 15) is 10.1 Å². The lowest BCUT2D eigenvalue weighted by molar-refractivity contribution is -0.384. The second-order valence-corrected chi connectivity index (χ2v) is 5.19. The van der Waals surface area contributed by atoms with Crippen LogP contribution in [-0.2, 0) is 0 Å². The normalized spacial score (nSPS) is 30.7. The number of oxime groups is 1. The average Bonchev–Trinajstić information content (AvgIpc) is 3.00. The van der Waals surface area contributed by atoms with Crippen molar-refractivity contribution in [3.05, 3.63) is 34.4 Å². The van der Waals surface area contributed by atoms with Crippen LogP contribution in [0.1, 0.15) is 19.3 Å². The van der Waals surface area contributed by atoms with Gasteiger partial charge in [-0.25, -0.2) is 0 Å². The van der Waals surface area contributed by atoms with Crippen LogP contribution in [0.25, 0.3) is 0 Å². The van der Waals surface area contributed by atoms with Crippen LogP contribution in [-0.4, -0.2) is 21.9 Å². The molecule has 19 heavy (non-hydrogen) atoms. The molecule has 0 aliphatic heterocycles. The summed E-state index contributed by atoms with van der Waals surface area (Å²) in [4.78, 5) is 10.6. The van der Waals surface area contributed by atoms with Crippen LogP contribution >= 0.6 is 0 Å². The van der Waals surface area contributed by atoms with Crippen LogP contribution in [0.4, 0.5) is 11.4 Å². The van der Waals surface area contributed by atoms with E-state index in [2.05, 4.69) is 10.5 Å². The largest absolute Gasteiger partial charge is 0.411 e. The van der Waals surface area contributed by atoms with E-state index >= 15 is 0 Å². The van der Waals surface area contributed by atoms with Crippen molar-refractivity contribution < 1.29 is 10.1 Å². The number of anilines is 1. The standard InChI is InChI=1S/C13H15N3O3/c17-15-13-9-6-5-8(7-9)12(13)14-10-3-1-2-4-11(10)16(18)19/h1-4,8-9,12,14,17H,5-7H2/b15-13-. The minimum atomic E-state index is -0.398. The van der Waals surface area contributed by atoms with Crippen LogP contribution in [0.3, 0.4) is 0 Å². The first-order valence-electron chi connectivity index (χ1n) is 6.42. The summed E-state index contributed by atoms with van der Waals surface area (Å²) in [5.74, 6) is 0.742. The van der Waals surface area contributed by atoms with E-state index in [1.807, 2.05) is 0 Å². The van der Waals surface area contributed by atoms with Crippen molar-refractivity contribution in [2.75, 3.05) is 5.32 Å². The van der Waals surface area contributed by atoms with E-state index in [1.54, 1.807) is 18.2 Å². The molecule has 2 bridgehead atoms. The van der Waals surface area contributed by atoms with Gasteiger partial charge in [-0.1, -0.05) is 17.3 Å². The predicted molar refractivity (Wildman–Crippen MR) is 70.6 cm³/mol. The van der Waals surface area contributed by atoms with Crippen molar-refractivity contribution in [3.8, 4) is 0 Å². The third kappa shape index (κ3) is 1.93. The molecule has 0 amide bonds. The van der Waals surface area contributed by atoms with Crippen LogP contribution in [0.15, 0.2) is 29.4 Å². The summed E-state index contributed by atoms with van der Waals surface area (Å²) in [7, 11) is 0. The van der Waals surface area contributed by atoms with E-state index in [1.165, 1.54) is 6.07 Å². The Morgan fingerprint density at radius 1 is 1.37 bits per heavy atom. The summed E-state index contributed by atoms with van der Waals surface area (Å²) in [5, 5.41) is 26.7. The molecule has 6 heteroatoms. The number of benzene rings is 1. The maximum absolute atomic E-state index is 11.0. The molecule has 0 heterocycles. The Balaban J connectivity index is 1.88. The minimum Gasteiger partial charge on any atom is -0.411 e. The molecular weight excluding hydrogens is 246 g/mol. The van der Waals surface area contributed by atoms with Crippen LogP contribution in [0, 0.1) is 22.0 Å². The zero-order valence-electron chi connectivity index (χ0n) is 10.3. The van der Waals surface area contributed by atoms with E-state index in [-0.39, 0.29) is 11.7 Å². The van der Waals surface area contributed by atoms with Crippen molar-refractivity contribution in [2.45, 2.75) is 25.3 Å². The van der Waals surface area contributed by atoms with Crippen molar-refractivity contribution in [1.82, 2.24) is 0 Å². The summed E-state index contributed by atoms with van der Waals surface area (Å²) in [6, 6.07) is 6.50. The third-order valence-corrected chi connectivity index (χ3v) is 4.21. The monoisotopic (exact) mass is 261 g/mol. The van der Waals surface area contributed by atoms with Gasteiger partial charge in [-0.15, -0.1) is 0 Å². The van der Waals surface area contributed by atoms with Gasteiger partial charge in [0.25, 0.3) is 5.69 Å². The molecule has 0 radical (unpaired) electrons. The Bertz CT molecular complexity index is 544.